The van der Waals surface area contributed by atoms with Crippen LogP contribution in [-0.2, 0) is 13.0 Å². The smallest absolute Gasteiger partial charge is 0.254 e. The largest absolute Gasteiger partial charge is 0.491 e. The summed E-state index contributed by atoms with van der Waals surface area (Å²) >= 11 is 0. The molecular weight excluding hydrogens is 444 g/mol. The molecule has 1 aliphatic heterocycles. The first-order chi connectivity index (χ1) is 17.0. The predicted molar refractivity (Wildman–Crippen MR) is 132 cm³/mol. The minimum Gasteiger partial charge on any atom is -0.491 e. The summed E-state index contributed by atoms with van der Waals surface area (Å²) in [6.45, 7) is 5.37. The molecule has 0 unspecified atom stereocenters. The van der Waals surface area contributed by atoms with Gasteiger partial charge in [-0.3, -0.25) is 4.79 Å². The molecule has 5 rings (SSSR count). The Morgan fingerprint density at radius 2 is 1.97 bits per heavy atom. The molecule has 1 amide bonds. The van der Waals surface area contributed by atoms with E-state index in [0.717, 1.165) is 53.8 Å². The van der Waals surface area contributed by atoms with Gasteiger partial charge in [0.1, 0.15) is 11.9 Å². The maximum Gasteiger partial charge on any atom is 0.254 e. The lowest BCUT2D eigenvalue weighted by Crippen LogP contribution is -2.42. The van der Waals surface area contributed by atoms with Gasteiger partial charge in [0.2, 0.25) is 5.88 Å². The summed E-state index contributed by atoms with van der Waals surface area (Å²) in [5, 5.41) is 3.38. The van der Waals surface area contributed by atoms with Crippen LogP contribution in [0.15, 0.2) is 30.7 Å². The Balaban J connectivity index is 1.41. The van der Waals surface area contributed by atoms with Crippen molar-refractivity contribution < 1.29 is 14.3 Å². The van der Waals surface area contributed by atoms with E-state index in [0.29, 0.717) is 35.7 Å². The second-order valence-corrected chi connectivity index (χ2v) is 9.22. The Kier molecular flexibility index (Phi) is 6.23. The summed E-state index contributed by atoms with van der Waals surface area (Å²) in [6, 6.07) is 6.22. The van der Waals surface area contributed by atoms with Crippen molar-refractivity contribution in [3.05, 3.63) is 53.1 Å². The number of carbonyl (C=O) groups is 1. The zero-order valence-electron chi connectivity index (χ0n) is 20.5. The van der Waals surface area contributed by atoms with E-state index in [2.05, 4.69) is 40.2 Å². The van der Waals surface area contributed by atoms with Gasteiger partial charge in [-0.25, -0.2) is 19.9 Å². The number of rotatable bonds is 8. The van der Waals surface area contributed by atoms with Gasteiger partial charge in [-0.1, -0.05) is 12.1 Å². The summed E-state index contributed by atoms with van der Waals surface area (Å²) in [6.07, 6.45) is 6.21. The third-order valence-corrected chi connectivity index (χ3v) is 6.56. The highest BCUT2D eigenvalue weighted by molar-refractivity contribution is 5.97. The summed E-state index contributed by atoms with van der Waals surface area (Å²) < 4.78 is 11.0. The molecule has 2 aromatic heterocycles. The average Bonchev–Trinajstić information content (AvgIpc) is 3.72. The second-order valence-electron chi connectivity index (χ2n) is 9.22. The number of amides is 1. The number of anilines is 1. The number of fused-ring (bicyclic) bond motifs is 1. The lowest BCUT2D eigenvalue weighted by molar-refractivity contribution is 0.0688. The van der Waals surface area contributed by atoms with Crippen LogP contribution in [0.5, 0.6) is 11.6 Å². The molecule has 9 nitrogen and oxygen atoms in total. The highest BCUT2D eigenvalue weighted by atomic mass is 16.5. The van der Waals surface area contributed by atoms with Crippen LogP contribution < -0.4 is 14.8 Å². The maximum absolute atomic E-state index is 12.8. The fraction of sp³-hybridized carbons (Fsp3) is 0.423. The number of aromatic nitrogens is 4. The lowest BCUT2D eigenvalue weighted by Gasteiger charge is -2.32. The fourth-order valence-corrected chi connectivity index (χ4v) is 4.53. The number of nitrogens with one attached hydrogen (secondary N) is 1. The van der Waals surface area contributed by atoms with Crippen molar-refractivity contribution in [2.75, 3.05) is 26.1 Å². The molecule has 182 valence electrons. The van der Waals surface area contributed by atoms with E-state index in [1.54, 1.807) is 20.4 Å². The molecule has 0 radical (unpaired) electrons. The van der Waals surface area contributed by atoms with Crippen molar-refractivity contribution in [2.45, 2.75) is 51.6 Å². The van der Waals surface area contributed by atoms with Crippen molar-refractivity contribution >= 4 is 11.7 Å². The molecule has 1 saturated carbocycles. The Bertz CT molecular complexity index is 1260. The minimum atomic E-state index is 0.105. The number of hydrogen-bond donors (Lipinski definition) is 1. The third-order valence-electron chi connectivity index (χ3n) is 6.56. The molecule has 1 fully saturated rings. The Labute approximate surface area is 204 Å². The SMILES string of the molecule is COc1cnc(-c2c(OC)ncnc2C2CC2)nc1NCc1ccc2c(c1)CCN(C(C)C)C2=O. The molecule has 1 N–H and O–H groups in total. The van der Waals surface area contributed by atoms with Crippen molar-refractivity contribution in [1.82, 2.24) is 24.8 Å². The van der Waals surface area contributed by atoms with Crippen molar-refractivity contribution in [3.63, 3.8) is 0 Å². The van der Waals surface area contributed by atoms with Crippen LogP contribution in [0.25, 0.3) is 11.4 Å². The fourth-order valence-electron chi connectivity index (χ4n) is 4.53. The number of nitrogens with zero attached hydrogens (tertiary/aromatic N) is 5. The summed E-state index contributed by atoms with van der Waals surface area (Å²) in [5.74, 6) is 2.57. The van der Waals surface area contributed by atoms with E-state index in [1.807, 2.05) is 17.0 Å². The van der Waals surface area contributed by atoms with Crippen LogP contribution >= 0.6 is 0 Å². The number of carbonyl (C=O) groups excluding carboxylic acids is 1. The van der Waals surface area contributed by atoms with Gasteiger partial charge >= 0.3 is 0 Å². The van der Waals surface area contributed by atoms with Gasteiger partial charge in [-0.05, 0) is 50.3 Å². The van der Waals surface area contributed by atoms with Crippen LogP contribution in [0.2, 0.25) is 0 Å². The Morgan fingerprint density at radius 1 is 1.14 bits per heavy atom. The summed E-state index contributed by atoms with van der Waals surface area (Å²) in [7, 11) is 3.18. The van der Waals surface area contributed by atoms with Crippen molar-refractivity contribution in [3.8, 4) is 23.0 Å². The first-order valence-corrected chi connectivity index (χ1v) is 12.0. The van der Waals surface area contributed by atoms with E-state index in [1.165, 1.54) is 6.33 Å². The summed E-state index contributed by atoms with van der Waals surface area (Å²) in [4.78, 5) is 32.8. The number of methoxy groups -OCH3 is 2. The zero-order chi connectivity index (χ0) is 24.5. The second kappa shape index (κ2) is 9.48. The van der Waals surface area contributed by atoms with E-state index in [4.69, 9.17) is 14.5 Å². The third kappa shape index (κ3) is 4.50. The van der Waals surface area contributed by atoms with Gasteiger partial charge < -0.3 is 19.7 Å². The van der Waals surface area contributed by atoms with Gasteiger partial charge in [0.25, 0.3) is 5.91 Å². The van der Waals surface area contributed by atoms with Crippen LogP contribution in [0, 0.1) is 0 Å². The van der Waals surface area contributed by atoms with Crippen LogP contribution in [0.3, 0.4) is 0 Å². The molecule has 1 aromatic carbocycles. The predicted octanol–water partition coefficient (Wildman–Crippen LogP) is 3.85. The number of hydrogen-bond acceptors (Lipinski definition) is 8. The molecule has 0 bridgehead atoms. The molecule has 0 atom stereocenters. The zero-order valence-corrected chi connectivity index (χ0v) is 20.5. The molecule has 0 spiro atoms. The Morgan fingerprint density at radius 3 is 2.69 bits per heavy atom. The maximum atomic E-state index is 12.8. The molecule has 3 heterocycles. The molecule has 9 heteroatoms. The van der Waals surface area contributed by atoms with Crippen LogP contribution in [0.4, 0.5) is 5.82 Å². The first kappa shape index (κ1) is 23.0. The van der Waals surface area contributed by atoms with E-state index in [-0.39, 0.29) is 11.9 Å². The average molecular weight is 475 g/mol. The van der Waals surface area contributed by atoms with E-state index >= 15 is 0 Å². The molecule has 3 aromatic rings. The normalized spacial score (nSPS) is 15.2. The van der Waals surface area contributed by atoms with Crippen LogP contribution in [0.1, 0.15) is 59.8 Å². The minimum absolute atomic E-state index is 0.105. The molecule has 0 saturated heterocycles. The Hall–Kier alpha value is -3.75. The highest BCUT2D eigenvalue weighted by Gasteiger charge is 2.31. The molecule has 2 aliphatic rings. The van der Waals surface area contributed by atoms with Crippen molar-refractivity contribution in [2.24, 2.45) is 0 Å². The standard InChI is InChI=1S/C26H30N6O3/c1-15(2)32-10-9-18-11-16(5-8-19(18)26(32)33)12-27-23-20(34-3)13-28-24(31-23)21-22(17-6-7-17)29-14-30-25(21)35-4/h5,8,11,13-15,17H,6-7,9-10,12H2,1-4H3,(H,27,28,31). The van der Waals surface area contributed by atoms with Gasteiger partial charge in [0.05, 0.1) is 26.1 Å². The van der Waals surface area contributed by atoms with E-state index < -0.39 is 0 Å². The lowest BCUT2D eigenvalue weighted by atomic mass is 9.96. The van der Waals surface area contributed by atoms with Crippen molar-refractivity contribution in [1.29, 1.82) is 0 Å². The van der Waals surface area contributed by atoms with E-state index in [9.17, 15) is 4.79 Å². The van der Waals surface area contributed by atoms with Gasteiger partial charge in [-0.2, -0.15) is 0 Å². The molecular formula is C26H30N6O3. The first-order valence-electron chi connectivity index (χ1n) is 12.0. The highest BCUT2D eigenvalue weighted by Crippen LogP contribution is 2.45. The molecule has 35 heavy (non-hydrogen) atoms. The topological polar surface area (TPSA) is 102 Å². The monoisotopic (exact) mass is 474 g/mol. The van der Waals surface area contributed by atoms with Gasteiger partial charge in [0.15, 0.2) is 17.4 Å². The van der Waals surface area contributed by atoms with Gasteiger partial charge in [0, 0.05) is 30.6 Å². The molecule has 1 aliphatic carbocycles. The number of ether oxygens (including phenoxy) is 2. The van der Waals surface area contributed by atoms with Crippen LogP contribution in [-0.4, -0.2) is 57.5 Å². The van der Waals surface area contributed by atoms with Gasteiger partial charge in [-0.15, -0.1) is 0 Å². The number of benzene rings is 1. The summed E-state index contributed by atoms with van der Waals surface area (Å²) in [5.41, 5.74) is 4.59. The quantitative estimate of drug-likeness (QED) is 0.525.